The van der Waals surface area contributed by atoms with Gasteiger partial charge in [-0.05, 0) is 48.9 Å². The number of allylic oxidation sites excluding steroid dienone is 2. The first kappa shape index (κ1) is 15.8. The third-order valence-corrected chi connectivity index (χ3v) is 9.09. The van der Waals surface area contributed by atoms with Crippen molar-refractivity contribution < 1.29 is 4.43 Å². The molecule has 18 heavy (non-hydrogen) atoms. The molecule has 0 aromatic rings. The van der Waals surface area contributed by atoms with Gasteiger partial charge in [0.1, 0.15) is 0 Å². The van der Waals surface area contributed by atoms with Crippen LogP contribution in [0.25, 0.3) is 0 Å². The standard InChI is InChI=1S/C16H32OSi/c1-12(2)14-10-9-13(3)11-15(14)17-18(7,8)16(4,5)6/h11-14H,9-10H2,1-8H3/t13-,14-/m1/s1. The largest absolute Gasteiger partial charge is 0.547 e. The summed E-state index contributed by atoms with van der Waals surface area (Å²) >= 11 is 0. The van der Waals surface area contributed by atoms with Gasteiger partial charge in [-0.1, -0.05) is 41.5 Å². The Morgan fingerprint density at radius 3 is 2.22 bits per heavy atom. The van der Waals surface area contributed by atoms with E-state index in [0.29, 0.717) is 17.8 Å². The highest BCUT2D eigenvalue weighted by Crippen LogP contribution is 2.42. The molecule has 1 aliphatic rings. The van der Waals surface area contributed by atoms with Crippen LogP contribution in [0.5, 0.6) is 0 Å². The molecule has 0 spiro atoms. The van der Waals surface area contributed by atoms with Gasteiger partial charge in [0.15, 0.2) is 0 Å². The Balaban J connectivity index is 2.92. The summed E-state index contributed by atoms with van der Waals surface area (Å²) in [4.78, 5) is 0. The Kier molecular flexibility index (Phi) is 4.74. The molecule has 0 heterocycles. The topological polar surface area (TPSA) is 9.23 Å². The molecule has 106 valence electrons. The second-order valence-corrected chi connectivity index (χ2v) is 12.6. The molecule has 0 aliphatic heterocycles. The van der Waals surface area contributed by atoms with Crippen molar-refractivity contribution in [1.82, 2.24) is 0 Å². The van der Waals surface area contributed by atoms with Gasteiger partial charge in [0.2, 0.25) is 8.32 Å². The molecular weight excluding hydrogens is 236 g/mol. The van der Waals surface area contributed by atoms with Crippen molar-refractivity contribution in [3.8, 4) is 0 Å². The summed E-state index contributed by atoms with van der Waals surface area (Å²) in [6.07, 6.45) is 5.00. The van der Waals surface area contributed by atoms with Crippen LogP contribution in [0.2, 0.25) is 18.1 Å². The molecule has 0 saturated heterocycles. The maximum Gasteiger partial charge on any atom is 0.250 e. The Hall–Kier alpha value is -0.243. The van der Waals surface area contributed by atoms with E-state index in [1.807, 2.05) is 0 Å². The minimum Gasteiger partial charge on any atom is -0.547 e. The first-order valence-electron chi connectivity index (χ1n) is 7.45. The molecule has 1 aliphatic carbocycles. The summed E-state index contributed by atoms with van der Waals surface area (Å²) in [5.74, 6) is 3.30. The lowest BCUT2D eigenvalue weighted by Crippen LogP contribution is -2.42. The van der Waals surface area contributed by atoms with E-state index in [4.69, 9.17) is 4.43 Å². The van der Waals surface area contributed by atoms with Crippen molar-refractivity contribution in [3.63, 3.8) is 0 Å². The second kappa shape index (κ2) is 5.40. The van der Waals surface area contributed by atoms with Gasteiger partial charge >= 0.3 is 0 Å². The normalized spacial score (nSPS) is 26.2. The van der Waals surface area contributed by atoms with Gasteiger partial charge in [-0.3, -0.25) is 0 Å². The first-order valence-corrected chi connectivity index (χ1v) is 10.4. The summed E-state index contributed by atoms with van der Waals surface area (Å²) in [7, 11) is -1.68. The highest BCUT2D eigenvalue weighted by molar-refractivity contribution is 6.74. The Bertz CT molecular complexity index is 310. The minimum absolute atomic E-state index is 0.288. The predicted molar refractivity (Wildman–Crippen MR) is 83.1 cm³/mol. The van der Waals surface area contributed by atoms with Crippen LogP contribution in [0.1, 0.15) is 54.4 Å². The fourth-order valence-corrected chi connectivity index (χ4v) is 3.41. The molecule has 0 amide bonds. The van der Waals surface area contributed by atoms with E-state index in [1.54, 1.807) is 0 Å². The molecule has 0 radical (unpaired) electrons. The zero-order chi connectivity index (χ0) is 14.1. The van der Waals surface area contributed by atoms with Crippen molar-refractivity contribution in [1.29, 1.82) is 0 Å². The van der Waals surface area contributed by atoms with Gasteiger partial charge in [-0.15, -0.1) is 0 Å². The zero-order valence-corrected chi connectivity index (χ0v) is 14.6. The summed E-state index contributed by atoms with van der Waals surface area (Å²) in [6.45, 7) is 18.6. The van der Waals surface area contributed by atoms with Gasteiger partial charge in [-0.25, -0.2) is 0 Å². The lowest BCUT2D eigenvalue weighted by molar-refractivity contribution is 0.239. The quantitative estimate of drug-likeness (QED) is 0.606. The van der Waals surface area contributed by atoms with Crippen LogP contribution in [-0.2, 0) is 4.43 Å². The predicted octanol–water partition coefficient (Wildman–Crippen LogP) is 5.59. The summed E-state index contributed by atoms with van der Waals surface area (Å²) in [5.41, 5.74) is 0. The summed E-state index contributed by atoms with van der Waals surface area (Å²) in [5, 5.41) is 0.288. The smallest absolute Gasteiger partial charge is 0.250 e. The first-order chi connectivity index (χ1) is 8.04. The maximum absolute atomic E-state index is 6.59. The molecule has 2 atom stereocenters. The fraction of sp³-hybridized carbons (Fsp3) is 0.875. The Morgan fingerprint density at radius 1 is 1.22 bits per heavy atom. The Labute approximate surface area is 115 Å². The third-order valence-electron chi connectivity index (χ3n) is 4.73. The average molecular weight is 269 g/mol. The molecule has 0 bridgehead atoms. The van der Waals surface area contributed by atoms with Crippen molar-refractivity contribution in [2.24, 2.45) is 17.8 Å². The van der Waals surface area contributed by atoms with Crippen molar-refractivity contribution >= 4 is 8.32 Å². The molecule has 0 unspecified atom stereocenters. The molecular formula is C16H32OSi. The molecule has 0 N–H and O–H groups in total. The van der Waals surface area contributed by atoms with E-state index in [-0.39, 0.29) is 5.04 Å². The van der Waals surface area contributed by atoms with E-state index >= 15 is 0 Å². The molecule has 0 aromatic heterocycles. The minimum atomic E-state index is -1.68. The SMILES string of the molecule is CC(C)[C@H]1CC[C@@H](C)C=C1O[Si](C)(C)C(C)(C)C. The van der Waals surface area contributed by atoms with Crippen molar-refractivity contribution in [2.75, 3.05) is 0 Å². The number of hydrogen-bond acceptors (Lipinski definition) is 1. The van der Waals surface area contributed by atoms with Crippen molar-refractivity contribution in [3.05, 3.63) is 11.8 Å². The summed E-state index contributed by atoms with van der Waals surface area (Å²) in [6, 6.07) is 0. The fourth-order valence-electron chi connectivity index (χ4n) is 2.29. The van der Waals surface area contributed by atoms with Crippen LogP contribution >= 0.6 is 0 Å². The molecule has 1 rings (SSSR count). The molecule has 0 fully saturated rings. The van der Waals surface area contributed by atoms with Gasteiger partial charge in [0.25, 0.3) is 0 Å². The summed E-state index contributed by atoms with van der Waals surface area (Å²) < 4.78 is 6.59. The second-order valence-electron chi connectivity index (χ2n) is 7.84. The maximum atomic E-state index is 6.59. The molecule has 0 saturated carbocycles. The van der Waals surface area contributed by atoms with Gasteiger partial charge < -0.3 is 4.43 Å². The van der Waals surface area contributed by atoms with E-state index in [1.165, 1.54) is 18.6 Å². The lowest BCUT2D eigenvalue weighted by atomic mass is 9.81. The third kappa shape index (κ3) is 3.63. The molecule has 1 nitrogen and oxygen atoms in total. The van der Waals surface area contributed by atoms with Crippen LogP contribution in [0.3, 0.4) is 0 Å². The zero-order valence-electron chi connectivity index (χ0n) is 13.6. The lowest BCUT2D eigenvalue weighted by Gasteiger charge is -2.41. The number of hydrogen-bond donors (Lipinski definition) is 0. The van der Waals surface area contributed by atoms with Gasteiger partial charge in [0.05, 0.1) is 5.76 Å². The Morgan fingerprint density at radius 2 is 1.78 bits per heavy atom. The van der Waals surface area contributed by atoms with Gasteiger partial charge in [-0.2, -0.15) is 0 Å². The van der Waals surface area contributed by atoms with Crippen LogP contribution < -0.4 is 0 Å². The van der Waals surface area contributed by atoms with E-state index in [0.717, 1.165) is 0 Å². The van der Waals surface area contributed by atoms with Crippen LogP contribution in [0, 0.1) is 17.8 Å². The molecule has 0 aromatic carbocycles. The number of rotatable bonds is 3. The highest BCUT2D eigenvalue weighted by atomic mass is 28.4. The van der Waals surface area contributed by atoms with Crippen LogP contribution in [0.15, 0.2) is 11.8 Å². The van der Waals surface area contributed by atoms with E-state index in [9.17, 15) is 0 Å². The van der Waals surface area contributed by atoms with E-state index < -0.39 is 8.32 Å². The molecule has 2 heteroatoms. The highest BCUT2D eigenvalue weighted by Gasteiger charge is 2.41. The van der Waals surface area contributed by atoms with Gasteiger partial charge in [0, 0.05) is 5.92 Å². The monoisotopic (exact) mass is 268 g/mol. The van der Waals surface area contributed by atoms with Crippen LogP contribution in [0.4, 0.5) is 0 Å². The average Bonchev–Trinajstić information content (AvgIpc) is 2.14. The van der Waals surface area contributed by atoms with Crippen molar-refractivity contribution in [2.45, 2.75) is 72.5 Å². The van der Waals surface area contributed by atoms with Crippen LogP contribution in [-0.4, -0.2) is 8.32 Å². The van der Waals surface area contributed by atoms with E-state index in [2.05, 4.69) is 60.7 Å².